The molecule has 3 nitrogen and oxygen atoms in total. The Kier molecular flexibility index (Phi) is 4.99. The van der Waals surface area contributed by atoms with Gasteiger partial charge in [0, 0.05) is 17.9 Å². The molecule has 0 bridgehead atoms. The highest BCUT2D eigenvalue weighted by Gasteiger charge is 2.07. The molecule has 1 aromatic carbocycles. The van der Waals surface area contributed by atoms with Crippen molar-refractivity contribution in [1.82, 2.24) is 0 Å². The lowest BCUT2D eigenvalue weighted by Crippen LogP contribution is -2.09. The van der Waals surface area contributed by atoms with E-state index >= 15 is 0 Å². The van der Waals surface area contributed by atoms with E-state index in [0.29, 0.717) is 17.0 Å². The van der Waals surface area contributed by atoms with Gasteiger partial charge in [0.2, 0.25) is 0 Å². The third kappa shape index (κ3) is 4.03. The smallest absolute Gasteiger partial charge is 0.338 e. The Morgan fingerprint density at radius 3 is 2.44 bits per heavy atom. The Hall–Kier alpha value is -1.35. The van der Waals surface area contributed by atoms with Gasteiger partial charge in [-0.15, -0.1) is 0 Å². The summed E-state index contributed by atoms with van der Waals surface area (Å²) in [6, 6.07) is 6.42. The molecule has 0 radical (unpaired) electrons. The molecule has 0 saturated carbocycles. The Morgan fingerprint density at radius 1 is 1.25 bits per heavy atom. The summed E-state index contributed by atoms with van der Waals surface area (Å²) in [5, 5.41) is 0.567. The Bertz CT molecular complexity index is 370. The summed E-state index contributed by atoms with van der Waals surface area (Å²) in [6.07, 6.45) is 0.744. The third-order valence-corrected chi connectivity index (χ3v) is 2.34. The zero-order valence-electron chi connectivity index (χ0n) is 9.03. The fourth-order valence-corrected chi connectivity index (χ4v) is 1.23. The van der Waals surface area contributed by atoms with Crippen LogP contribution in [0.1, 0.15) is 30.1 Å². The Balaban J connectivity index is 2.41. The predicted octanol–water partition coefficient (Wildman–Crippen LogP) is 2.87. The summed E-state index contributed by atoms with van der Waals surface area (Å²) in [6.45, 7) is 1.91. The van der Waals surface area contributed by atoms with Gasteiger partial charge in [-0.1, -0.05) is 18.5 Å². The molecule has 0 atom stereocenters. The number of hydrogen-bond acceptors (Lipinski definition) is 3. The van der Waals surface area contributed by atoms with Crippen LogP contribution in [0.5, 0.6) is 0 Å². The van der Waals surface area contributed by atoms with Gasteiger partial charge in [0.05, 0.1) is 12.2 Å². The number of ether oxygens (including phenoxy) is 1. The van der Waals surface area contributed by atoms with Gasteiger partial charge >= 0.3 is 5.97 Å². The molecule has 0 aliphatic heterocycles. The average Bonchev–Trinajstić information content (AvgIpc) is 2.29. The van der Waals surface area contributed by atoms with Gasteiger partial charge in [0.15, 0.2) is 0 Å². The second kappa shape index (κ2) is 6.28. The molecular formula is C12H13ClO3. The minimum Gasteiger partial charge on any atom is -0.462 e. The molecule has 0 amide bonds. The SMILES string of the molecule is CCC(=O)CCOC(=O)c1ccc(Cl)cc1. The van der Waals surface area contributed by atoms with Crippen LogP contribution in [-0.2, 0) is 9.53 Å². The van der Waals surface area contributed by atoms with Crippen LogP contribution in [0.25, 0.3) is 0 Å². The zero-order valence-corrected chi connectivity index (χ0v) is 9.79. The van der Waals surface area contributed by atoms with E-state index in [-0.39, 0.29) is 18.8 Å². The first kappa shape index (κ1) is 12.7. The van der Waals surface area contributed by atoms with E-state index in [1.165, 1.54) is 0 Å². The number of benzene rings is 1. The number of esters is 1. The van der Waals surface area contributed by atoms with Crippen molar-refractivity contribution < 1.29 is 14.3 Å². The van der Waals surface area contributed by atoms with E-state index < -0.39 is 5.97 Å². The highest BCUT2D eigenvalue weighted by molar-refractivity contribution is 6.30. The lowest BCUT2D eigenvalue weighted by molar-refractivity contribution is -0.119. The van der Waals surface area contributed by atoms with Crippen LogP contribution in [0.2, 0.25) is 5.02 Å². The van der Waals surface area contributed by atoms with Crippen LogP contribution in [0.15, 0.2) is 24.3 Å². The summed E-state index contributed by atoms with van der Waals surface area (Å²) in [4.78, 5) is 22.4. The average molecular weight is 241 g/mol. The molecule has 0 aromatic heterocycles. The maximum absolute atomic E-state index is 11.4. The molecule has 0 saturated heterocycles. The van der Waals surface area contributed by atoms with Gasteiger partial charge in [-0.3, -0.25) is 4.79 Å². The van der Waals surface area contributed by atoms with E-state index in [4.69, 9.17) is 16.3 Å². The maximum Gasteiger partial charge on any atom is 0.338 e. The molecular weight excluding hydrogens is 228 g/mol. The van der Waals surface area contributed by atoms with Crippen molar-refractivity contribution in [1.29, 1.82) is 0 Å². The molecule has 0 aliphatic rings. The van der Waals surface area contributed by atoms with Crippen molar-refractivity contribution in [3.05, 3.63) is 34.9 Å². The summed E-state index contributed by atoms with van der Waals surface area (Å²) in [7, 11) is 0. The summed E-state index contributed by atoms with van der Waals surface area (Å²) in [5.74, 6) is -0.343. The lowest BCUT2D eigenvalue weighted by Gasteiger charge is -2.03. The fraction of sp³-hybridized carbons (Fsp3) is 0.333. The van der Waals surface area contributed by atoms with Gasteiger partial charge in [-0.25, -0.2) is 4.79 Å². The molecule has 16 heavy (non-hydrogen) atoms. The molecule has 0 unspecified atom stereocenters. The maximum atomic E-state index is 11.4. The molecule has 0 N–H and O–H groups in total. The first-order valence-electron chi connectivity index (χ1n) is 5.08. The molecule has 86 valence electrons. The normalized spacial score (nSPS) is 9.88. The van der Waals surface area contributed by atoms with Crippen LogP contribution in [0, 0.1) is 0 Å². The summed E-state index contributed by atoms with van der Waals surface area (Å²) in [5.41, 5.74) is 0.438. The van der Waals surface area contributed by atoms with Crippen molar-refractivity contribution in [2.75, 3.05) is 6.61 Å². The largest absolute Gasteiger partial charge is 0.462 e. The molecule has 1 aromatic rings. The summed E-state index contributed by atoms with van der Waals surface area (Å²) >= 11 is 5.68. The van der Waals surface area contributed by atoms with E-state index in [1.54, 1.807) is 31.2 Å². The van der Waals surface area contributed by atoms with Crippen LogP contribution < -0.4 is 0 Å². The van der Waals surface area contributed by atoms with Crippen LogP contribution in [0.4, 0.5) is 0 Å². The topological polar surface area (TPSA) is 43.4 Å². The highest BCUT2D eigenvalue weighted by Crippen LogP contribution is 2.10. The third-order valence-electron chi connectivity index (χ3n) is 2.09. The van der Waals surface area contributed by atoms with Crippen molar-refractivity contribution in [3.63, 3.8) is 0 Å². The second-order valence-electron chi connectivity index (χ2n) is 3.29. The number of hydrogen-bond donors (Lipinski definition) is 0. The number of rotatable bonds is 5. The van der Waals surface area contributed by atoms with E-state index in [9.17, 15) is 9.59 Å². The lowest BCUT2D eigenvalue weighted by atomic mass is 10.2. The first-order chi connectivity index (χ1) is 7.63. The Morgan fingerprint density at radius 2 is 1.88 bits per heavy atom. The first-order valence-corrected chi connectivity index (χ1v) is 5.45. The van der Waals surface area contributed by atoms with Gasteiger partial charge in [-0.05, 0) is 24.3 Å². The number of carbonyl (C=O) groups excluding carboxylic acids is 2. The van der Waals surface area contributed by atoms with Crippen molar-refractivity contribution >= 4 is 23.4 Å². The van der Waals surface area contributed by atoms with Gasteiger partial charge < -0.3 is 4.74 Å². The number of carbonyl (C=O) groups is 2. The monoisotopic (exact) mass is 240 g/mol. The highest BCUT2D eigenvalue weighted by atomic mass is 35.5. The fourth-order valence-electron chi connectivity index (χ4n) is 1.10. The standard InChI is InChI=1S/C12H13ClO3/c1-2-11(14)7-8-16-12(15)9-3-5-10(13)6-4-9/h3-6H,2,7-8H2,1H3. The molecule has 0 aliphatic carbocycles. The van der Waals surface area contributed by atoms with E-state index in [2.05, 4.69) is 0 Å². The van der Waals surface area contributed by atoms with E-state index in [1.807, 2.05) is 0 Å². The number of halogens is 1. The molecule has 0 fully saturated rings. The van der Waals surface area contributed by atoms with Gasteiger partial charge in [-0.2, -0.15) is 0 Å². The van der Waals surface area contributed by atoms with Crippen molar-refractivity contribution in [3.8, 4) is 0 Å². The quantitative estimate of drug-likeness (QED) is 0.744. The van der Waals surface area contributed by atoms with Crippen LogP contribution in [-0.4, -0.2) is 18.4 Å². The van der Waals surface area contributed by atoms with Gasteiger partial charge in [0.25, 0.3) is 0 Å². The molecule has 0 spiro atoms. The van der Waals surface area contributed by atoms with Crippen molar-refractivity contribution in [2.45, 2.75) is 19.8 Å². The van der Waals surface area contributed by atoms with Crippen LogP contribution in [0.3, 0.4) is 0 Å². The molecule has 1 rings (SSSR count). The molecule has 4 heteroatoms. The second-order valence-corrected chi connectivity index (χ2v) is 3.72. The van der Waals surface area contributed by atoms with Crippen molar-refractivity contribution in [2.24, 2.45) is 0 Å². The minimum absolute atomic E-state index is 0.0870. The van der Waals surface area contributed by atoms with E-state index in [0.717, 1.165) is 0 Å². The van der Waals surface area contributed by atoms with Gasteiger partial charge in [0.1, 0.15) is 5.78 Å². The Labute approximate surface area is 99.4 Å². The number of Topliss-reactive ketones (excluding diaryl/α,β-unsaturated/α-hetero) is 1. The summed E-state index contributed by atoms with van der Waals surface area (Å²) < 4.78 is 4.94. The van der Waals surface area contributed by atoms with Crippen LogP contribution >= 0.6 is 11.6 Å². The predicted molar refractivity (Wildman–Crippen MR) is 61.6 cm³/mol. The number of ketones is 1. The molecule has 0 heterocycles. The minimum atomic E-state index is -0.430. The zero-order chi connectivity index (χ0) is 12.0.